The first-order chi connectivity index (χ1) is 14.9. The predicted molar refractivity (Wildman–Crippen MR) is 127 cm³/mol. The Morgan fingerprint density at radius 2 is 1.97 bits per heavy atom. The molecule has 2 aromatic carbocycles. The number of thioether (sulfide) groups is 1. The normalized spacial score (nSPS) is 18.3. The van der Waals surface area contributed by atoms with Crippen LogP contribution in [0.15, 0.2) is 58.5 Å². The number of aryl methyl sites for hydroxylation is 1. The molecule has 2 heterocycles. The summed E-state index contributed by atoms with van der Waals surface area (Å²) in [6.07, 6.45) is 0.602. The van der Waals surface area contributed by atoms with Crippen LogP contribution in [0.25, 0.3) is 0 Å². The highest BCUT2D eigenvalue weighted by Gasteiger charge is 2.43. The molecule has 2 aliphatic rings. The molecule has 2 aliphatic heterocycles. The fourth-order valence-corrected chi connectivity index (χ4v) is 4.70. The molecule has 0 unspecified atom stereocenters. The van der Waals surface area contributed by atoms with Crippen LogP contribution in [-0.2, 0) is 9.59 Å². The standard InChI is InChI=1S/C24H26N4O2S/c1-5-19(22(29)25-16-10-8-9-15(4)13-16)31-24-26-18-12-7-6-11-17(18)21-27-20(14(2)3)23(30)28(21)24/h6-14,19-20H,5H2,1-4H3,(H,25,29)/t19-,20+/m0/s1. The molecule has 0 radical (unpaired) electrons. The molecular formula is C24H26N4O2S. The van der Waals surface area contributed by atoms with Crippen molar-refractivity contribution in [3.63, 3.8) is 0 Å². The van der Waals surface area contributed by atoms with Crippen LogP contribution >= 0.6 is 11.8 Å². The number of hydrogen-bond donors (Lipinski definition) is 1. The first-order valence-electron chi connectivity index (χ1n) is 10.5. The molecule has 2 aromatic rings. The molecule has 4 rings (SSSR count). The van der Waals surface area contributed by atoms with Gasteiger partial charge in [-0.2, -0.15) is 0 Å². The van der Waals surface area contributed by atoms with Crippen molar-refractivity contribution in [3.05, 3.63) is 59.7 Å². The van der Waals surface area contributed by atoms with Crippen LogP contribution in [0, 0.1) is 12.8 Å². The van der Waals surface area contributed by atoms with Crippen LogP contribution in [0.1, 0.15) is 38.3 Å². The number of carbonyl (C=O) groups excluding carboxylic acids is 2. The molecule has 160 valence electrons. The molecule has 0 saturated carbocycles. The zero-order valence-corrected chi connectivity index (χ0v) is 18.9. The van der Waals surface area contributed by atoms with E-state index in [1.165, 1.54) is 11.8 Å². The number of anilines is 1. The van der Waals surface area contributed by atoms with Crippen LogP contribution in [0.3, 0.4) is 0 Å². The number of nitrogens with zero attached hydrogens (tertiary/aromatic N) is 3. The second kappa shape index (κ2) is 8.67. The van der Waals surface area contributed by atoms with E-state index in [4.69, 9.17) is 9.98 Å². The lowest BCUT2D eigenvalue weighted by molar-refractivity contribution is -0.125. The molecule has 1 N–H and O–H groups in total. The topological polar surface area (TPSA) is 74.1 Å². The Hall–Kier alpha value is -2.93. The number of fused-ring (bicyclic) bond motifs is 3. The minimum Gasteiger partial charge on any atom is -0.325 e. The fourth-order valence-electron chi connectivity index (χ4n) is 3.68. The van der Waals surface area contributed by atoms with Crippen molar-refractivity contribution in [1.29, 1.82) is 0 Å². The van der Waals surface area contributed by atoms with Gasteiger partial charge in [0, 0.05) is 11.3 Å². The molecule has 0 aromatic heterocycles. The van der Waals surface area contributed by atoms with E-state index in [0.29, 0.717) is 17.4 Å². The fraction of sp³-hybridized carbons (Fsp3) is 0.333. The minimum atomic E-state index is -0.437. The molecule has 0 saturated heterocycles. The van der Waals surface area contributed by atoms with E-state index >= 15 is 0 Å². The summed E-state index contributed by atoms with van der Waals surface area (Å²) in [6, 6.07) is 15.0. The first kappa shape index (κ1) is 21.3. The average Bonchev–Trinajstić information content (AvgIpc) is 3.10. The molecule has 2 atom stereocenters. The second-order valence-electron chi connectivity index (χ2n) is 8.10. The van der Waals surface area contributed by atoms with Gasteiger partial charge in [-0.1, -0.05) is 56.8 Å². The van der Waals surface area contributed by atoms with Crippen molar-refractivity contribution in [2.75, 3.05) is 5.32 Å². The van der Waals surface area contributed by atoms with Crippen molar-refractivity contribution < 1.29 is 9.59 Å². The number of aliphatic imine (C=N–C) groups is 2. The molecule has 31 heavy (non-hydrogen) atoms. The Kier molecular flexibility index (Phi) is 5.96. The molecule has 7 heteroatoms. The SMILES string of the molecule is CC[C@H](SC1=Nc2ccccc2C2=N[C@H](C(C)C)C(=O)N12)C(=O)Nc1cccc(C)c1. The summed E-state index contributed by atoms with van der Waals surface area (Å²) >= 11 is 1.32. The number of hydrogen-bond acceptors (Lipinski definition) is 5. The van der Waals surface area contributed by atoms with Gasteiger partial charge in [-0.05, 0) is 49.1 Å². The monoisotopic (exact) mass is 434 g/mol. The van der Waals surface area contributed by atoms with Crippen LogP contribution in [-0.4, -0.2) is 39.0 Å². The highest BCUT2D eigenvalue weighted by molar-refractivity contribution is 8.15. The summed E-state index contributed by atoms with van der Waals surface area (Å²) in [4.78, 5) is 37.3. The van der Waals surface area contributed by atoms with Gasteiger partial charge >= 0.3 is 0 Å². The van der Waals surface area contributed by atoms with E-state index in [1.807, 2.05) is 76.2 Å². The Labute approximate surface area is 186 Å². The number of rotatable bonds is 5. The summed E-state index contributed by atoms with van der Waals surface area (Å²) in [6.45, 7) is 7.93. The van der Waals surface area contributed by atoms with Crippen LogP contribution in [0.2, 0.25) is 0 Å². The number of amides is 2. The lowest BCUT2D eigenvalue weighted by atomic mass is 10.1. The third kappa shape index (κ3) is 4.14. The number of nitrogens with one attached hydrogen (secondary N) is 1. The van der Waals surface area contributed by atoms with E-state index < -0.39 is 11.3 Å². The maximum absolute atomic E-state index is 13.2. The van der Waals surface area contributed by atoms with Crippen molar-refractivity contribution in [2.45, 2.75) is 45.4 Å². The zero-order valence-electron chi connectivity index (χ0n) is 18.1. The molecule has 0 bridgehead atoms. The van der Waals surface area contributed by atoms with E-state index in [2.05, 4.69) is 5.32 Å². The summed E-state index contributed by atoms with van der Waals surface area (Å²) in [5.74, 6) is 0.520. The quantitative estimate of drug-likeness (QED) is 0.737. The van der Waals surface area contributed by atoms with Gasteiger partial charge in [0.15, 0.2) is 5.17 Å². The molecule has 0 spiro atoms. The lowest BCUT2D eigenvalue weighted by Crippen LogP contribution is -2.43. The largest absolute Gasteiger partial charge is 0.325 e. The van der Waals surface area contributed by atoms with Crippen molar-refractivity contribution in [2.24, 2.45) is 15.9 Å². The highest BCUT2D eigenvalue weighted by atomic mass is 32.2. The van der Waals surface area contributed by atoms with Gasteiger partial charge in [0.2, 0.25) is 5.91 Å². The van der Waals surface area contributed by atoms with Crippen molar-refractivity contribution in [3.8, 4) is 0 Å². The van der Waals surface area contributed by atoms with Gasteiger partial charge in [-0.3, -0.25) is 14.6 Å². The average molecular weight is 435 g/mol. The smallest absolute Gasteiger partial charge is 0.259 e. The van der Waals surface area contributed by atoms with Crippen LogP contribution in [0.5, 0.6) is 0 Å². The van der Waals surface area contributed by atoms with Gasteiger partial charge in [-0.25, -0.2) is 9.89 Å². The molecular weight excluding hydrogens is 408 g/mol. The van der Waals surface area contributed by atoms with Gasteiger partial charge in [-0.15, -0.1) is 0 Å². The molecule has 2 amide bonds. The molecule has 6 nitrogen and oxygen atoms in total. The predicted octanol–water partition coefficient (Wildman–Crippen LogP) is 4.76. The Morgan fingerprint density at radius 1 is 1.19 bits per heavy atom. The lowest BCUT2D eigenvalue weighted by Gasteiger charge is -2.27. The maximum atomic E-state index is 13.2. The second-order valence-corrected chi connectivity index (χ2v) is 9.27. The van der Waals surface area contributed by atoms with E-state index in [-0.39, 0.29) is 17.7 Å². The molecule has 0 fully saturated rings. The van der Waals surface area contributed by atoms with Crippen LogP contribution < -0.4 is 5.32 Å². The van der Waals surface area contributed by atoms with Gasteiger partial charge < -0.3 is 5.32 Å². The number of amidine groups is 2. The number of para-hydroxylation sites is 1. The van der Waals surface area contributed by atoms with Crippen LogP contribution in [0.4, 0.5) is 11.4 Å². The van der Waals surface area contributed by atoms with Crippen molar-refractivity contribution >= 4 is 46.0 Å². The molecule has 0 aliphatic carbocycles. The number of benzene rings is 2. The summed E-state index contributed by atoms with van der Waals surface area (Å²) in [7, 11) is 0. The maximum Gasteiger partial charge on any atom is 0.259 e. The Balaban J connectivity index is 1.63. The van der Waals surface area contributed by atoms with E-state index in [0.717, 1.165) is 22.5 Å². The number of carbonyl (C=O) groups is 2. The summed E-state index contributed by atoms with van der Waals surface area (Å²) in [5, 5.41) is 3.11. The third-order valence-corrected chi connectivity index (χ3v) is 6.64. The van der Waals surface area contributed by atoms with Gasteiger partial charge in [0.05, 0.1) is 10.9 Å². The summed E-state index contributed by atoms with van der Waals surface area (Å²) in [5.41, 5.74) is 3.46. The third-order valence-electron chi connectivity index (χ3n) is 5.33. The van der Waals surface area contributed by atoms with Crippen molar-refractivity contribution in [1.82, 2.24) is 4.90 Å². The first-order valence-corrected chi connectivity index (χ1v) is 11.4. The zero-order chi connectivity index (χ0) is 22.1. The minimum absolute atomic E-state index is 0.0793. The van der Waals surface area contributed by atoms with E-state index in [9.17, 15) is 9.59 Å². The van der Waals surface area contributed by atoms with Gasteiger partial charge in [0.1, 0.15) is 11.9 Å². The highest BCUT2D eigenvalue weighted by Crippen LogP contribution is 2.36. The van der Waals surface area contributed by atoms with E-state index in [1.54, 1.807) is 4.90 Å². The summed E-state index contributed by atoms with van der Waals surface area (Å²) < 4.78 is 0. The Bertz CT molecular complexity index is 1090. The van der Waals surface area contributed by atoms with Gasteiger partial charge in [0.25, 0.3) is 5.91 Å². The Morgan fingerprint density at radius 3 is 2.68 bits per heavy atom.